The highest BCUT2D eigenvalue weighted by Gasteiger charge is 2.10. The monoisotopic (exact) mass is 243 g/mol. The summed E-state index contributed by atoms with van der Waals surface area (Å²) < 4.78 is 0. The van der Waals surface area contributed by atoms with Crippen molar-refractivity contribution in [3.63, 3.8) is 0 Å². The van der Waals surface area contributed by atoms with Gasteiger partial charge in [0.25, 0.3) is 0 Å². The van der Waals surface area contributed by atoms with E-state index >= 15 is 0 Å². The molecule has 4 heteroatoms. The number of fused-ring (bicyclic) bond motifs is 1. The van der Waals surface area contributed by atoms with Gasteiger partial charge in [-0.3, -0.25) is 0 Å². The third-order valence-electron chi connectivity index (χ3n) is 2.72. The van der Waals surface area contributed by atoms with Crippen molar-refractivity contribution in [1.29, 1.82) is 0 Å². The molecular weight excluding hydrogens is 234 g/mol. The normalized spacial score (nSPS) is 10.9. The summed E-state index contributed by atoms with van der Waals surface area (Å²) in [5.74, 6) is 0. The first-order chi connectivity index (χ1) is 8.25. The molecule has 3 N–H and O–H groups in total. The van der Waals surface area contributed by atoms with Crippen LogP contribution in [-0.2, 0) is 0 Å². The van der Waals surface area contributed by atoms with Crippen molar-refractivity contribution in [3.05, 3.63) is 47.7 Å². The van der Waals surface area contributed by atoms with E-state index < -0.39 is 0 Å². The second-order valence-electron chi connectivity index (χ2n) is 3.84. The van der Waals surface area contributed by atoms with Gasteiger partial charge in [0.15, 0.2) is 0 Å². The van der Waals surface area contributed by atoms with Gasteiger partial charge < -0.3 is 10.7 Å². The summed E-state index contributed by atoms with van der Waals surface area (Å²) in [6, 6.07) is 9.49. The lowest BCUT2D eigenvalue weighted by Crippen LogP contribution is -1.84. The summed E-state index contributed by atoms with van der Waals surface area (Å²) in [7, 11) is 0. The quantitative estimate of drug-likeness (QED) is 0.643. The molecule has 3 nitrogen and oxygen atoms in total. The second kappa shape index (κ2) is 3.79. The van der Waals surface area contributed by atoms with Gasteiger partial charge in [0.05, 0.1) is 5.02 Å². The number of pyridine rings is 1. The minimum atomic E-state index is 0.689. The molecular formula is C13H10ClN3. The fourth-order valence-electron chi connectivity index (χ4n) is 1.95. The number of nitrogens with zero attached hydrogens (tertiary/aromatic N) is 1. The summed E-state index contributed by atoms with van der Waals surface area (Å²) in [4.78, 5) is 7.35. The smallest absolute Gasteiger partial charge is 0.139 e. The largest absolute Gasteiger partial charge is 0.399 e. The van der Waals surface area contributed by atoms with Crippen LogP contribution in [0.3, 0.4) is 0 Å². The van der Waals surface area contributed by atoms with Crippen LogP contribution in [0.4, 0.5) is 5.69 Å². The van der Waals surface area contributed by atoms with Gasteiger partial charge in [-0.1, -0.05) is 23.7 Å². The zero-order valence-electron chi connectivity index (χ0n) is 8.94. The molecule has 3 rings (SSSR count). The molecule has 0 aliphatic rings. The van der Waals surface area contributed by atoms with Crippen molar-refractivity contribution in [2.75, 3.05) is 5.73 Å². The fraction of sp³-hybridized carbons (Fsp3) is 0. The van der Waals surface area contributed by atoms with Crippen molar-refractivity contribution in [1.82, 2.24) is 9.97 Å². The Bertz CT molecular complexity index is 688. The number of H-pyrrole nitrogens is 1. The molecule has 0 aliphatic carbocycles. The Hall–Kier alpha value is -2.00. The number of nitrogens with one attached hydrogen (secondary N) is 1. The molecule has 0 bridgehead atoms. The summed E-state index contributed by atoms with van der Waals surface area (Å²) in [6.07, 6.45) is 3.59. The third-order valence-corrected chi connectivity index (χ3v) is 3.04. The lowest BCUT2D eigenvalue weighted by Gasteiger charge is -2.02. The highest BCUT2D eigenvalue weighted by Crippen LogP contribution is 2.33. The van der Waals surface area contributed by atoms with Gasteiger partial charge in [-0.15, -0.1) is 0 Å². The Morgan fingerprint density at radius 2 is 2.12 bits per heavy atom. The standard InChI is InChI=1S/C13H10ClN3/c14-11-4-5-16-13-12(11)10(7-17-13)8-2-1-3-9(15)6-8/h1-7H,15H2,(H,16,17). The van der Waals surface area contributed by atoms with Crippen LogP contribution in [0, 0.1) is 0 Å². The Labute approximate surface area is 103 Å². The van der Waals surface area contributed by atoms with Crippen LogP contribution in [0.5, 0.6) is 0 Å². The Morgan fingerprint density at radius 1 is 1.24 bits per heavy atom. The topological polar surface area (TPSA) is 54.7 Å². The number of aromatic amines is 1. The van der Waals surface area contributed by atoms with Crippen LogP contribution in [0.25, 0.3) is 22.2 Å². The molecule has 17 heavy (non-hydrogen) atoms. The maximum absolute atomic E-state index is 6.20. The lowest BCUT2D eigenvalue weighted by molar-refractivity contribution is 1.33. The van der Waals surface area contributed by atoms with Crippen LogP contribution >= 0.6 is 11.6 Å². The molecule has 0 radical (unpaired) electrons. The average Bonchev–Trinajstić information content (AvgIpc) is 2.74. The van der Waals surface area contributed by atoms with Crippen LogP contribution < -0.4 is 5.73 Å². The number of hydrogen-bond donors (Lipinski definition) is 2. The third kappa shape index (κ3) is 1.65. The maximum atomic E-state index is 6.20. The van der Waals surface area contributed by atoms with Crippen LogP contribution in [-0.4, -0.2) is 9.97 Å². The number of hydrogen-bond acceptors (Lipinski definition) is 2. The first kappa shape index (κ1) is 10.2. The van der Waals surface area contributed by atoms with Crippen LogP contribution in [0.15, 0.2) is 42.7 Å². The van der Waals surface area contributed by atoms with Gasteiger partial charge in [-0.05, 0) is 23.8 Å². The van der Waals surface area contributed by atoms with E-state index in [-0.39, 0.29) is 0 Å². The van der Waals surface area contributed by atoms with Crippen LogP contribution in [0.1, 0.15) is 0 Å². The van der Waals surface area contributed by atoms with E-state index in [9.17, 15) is 0 Å². The van der Waals surface area contributed by atoms with E-state index in [1.807, 2.05) is 30.5 Å². The van der Waals surface area contributed by atoms with E-state index in [1.165, 1.54) is 0 Å². The van der Waals surface area contributed by atoms with Gasteiger partial charge in [-0.25, -0.2) is 4.98 Å². The summed E-state index contributed by atoms with van der Waals surface area (Å²) in [5, 5.41) is 1.62. The number of halogens is 1. The molecule has 0 amide bonds. The first-order valence-corrected chi connectivity index (χ1v) is 5.61. The predicted molar refractivity (Wildman–Crippen MR) is 71.0 cm³/mol. The summed E-state index contributed by atoms with van der Waals surface area (Å²) in [6.45, 7) is 0. The van der Waals surface area contributed by atoms with Gasteiger partial charge in [0.1, 0.15) is 5.65 Å². The minimum absolute atomic E-state index is 0.689. The summed E-state index contributed by atoms with van der Waals surface area (Å²) in [5.41, 5.74) is 9.36. The molecule has 0 saturated heterocycles. The minimum Gasteiger partial charge on any atom is -0.399 e. The summed E-state index contributed by atoms with van der Waals surface area (Å²) >= 11 is 6.20. The number of nitrogen functional groups attached to an aromatic ring is 1. The molecule has 0 unspecified atom stereocenters. The average molecular weight is 244 g/mol. The zero-order chi connectivity index (χ0) is 11.8. The first-order valence-electron chi connectivity index (χ1n) is 5.23. The molecule has 0 atom stereocenters. The molecule has 0 aliphatic heterocycles. The van der Waals surface area contributed by atoms with Gasteiger partial charge in [0, 0.05) is 29.0 Å². The van der Waals surface area contributed by atoms with Crippen molar-refractivity contribution in [2.24, 2.45) is 0 Å². The predicted octanol–water partition coefficient (Wildman–Crippen LogP) is 3.47. The van der Waals surface area contributed by atoms with E-state index in [1.54, 1.807) is 12.3 Å². The number of aromatic nitrogens is 2. The van der Waals surface area contributed by atoms with Crippen molar-refractivity contribution in [2.45, 2.75) is 0 Å². The van der Waals surface area contributed by atoms with Crippen molar-refractivity contribution >= 4 is 28.3 Å². The number of nitrogens with two attached hydrogens (primary N) is 1. The van der Waals surface area contributed by atoms with Gasteiger partial charge >= 0.3 is 0 Å². The maximum Gasteiger partial charge on any atom is 0.139 e. The van der Waals surface area contributed by atoms with Crippen molar-refractivity contribution < 1.29 is 0 Å². The lowest BCUT2D eigenvalue weighted by atomic mass is 10.1. The number of rotatable bonds is 1. The fourth-order valence-corrected chi connectivity index (χ4v) is 2.20. The second-order valence-corrected chi connectivity index (χ2v) is 4.25. The van der Waals surface area contributed by atoms with Crippen molar-refractivity contribution in [3.8, 4) is 11.1 Å². The Balaban J connectivity index is 2.31. The van der Waals surface area contributed by atoms with Gasteiger partial charge in [-0.2, -0.15) is 0 Å². The molecule has 84 valence electrons. The highest BCUT2D eigenvalue weighted by atomic mass is 35.5. The molecule has 3 aromatic rings. The number of benzene rings is 1. The molecule has 0 spiro atoms. The zero-order valence-corrected chi connectivity index (χ0v) is 9.70. The Morgan fingerprint density at radius 3 is 2.94 bits per heavy atom. The number of anilines is 1. The molecule has 1 aromatic carbocycles. The SMILES string of the molecule is Nc1cccc(-c2c[nH]c3nccc(Cl)c23)c1. The molecule has 2 heterocycles. The molecule has 2 aromatic heterocycles. The van der Waals surface area contributed by atoms with Gasteiger partial charge in [0.2, 0.25) is 0 Å². The Kier molecular flexibility index (Phi) is 2.27. The van der Waals surface area contributed by atoms with E-state index in [0.29, 0.717) is 5.02 Å². The molecule has 0 saturated carbocycles. The molecule has 0 fully saturated rings. The van der Waals surface area contributed by atoms with E-state index in [4.69, 9.17) is 17.3 Å². The van der Waals surface area contributed by atoms with E-state index in [0.717, 1.165) is 27.8 Å². The van der Waals surface area contributed by atoms with Crippen LogP contribution in [0.2, 0.25) is 5.02 Å². The highest BCUT2D eigenvalue weighted by molar-refractivity contribution is 6.36. The van der Waals surface area contributed by atoms with E-state index in [2.05, 4.69) is 9.97 Å².